The van der Waals surface area contributed by atoms with Gasteiger partial charge in [0.1, 0.15) is 6.10 Å². The van der Waals surface area contributed by atoms with Gasteiger partial charge in [0.15, 0.2) is 5.96 Å². The fourth-order valence-electron chi connectivity index (χ4n) is 3.92. The van der Waals surface area contributed by atoms with E-state index in [0.29, 0.717) is 13.2 Å². The highest BCUT2D eigenvalue weighted by Crippen LogP contribution is 2.17. The molecule has 0 bridgehead atoms. The largest absolute Gasteiger partial charge is 0.368 e. The van der Waals surface area contributed by atoms with E-state index in [1.807, 2.05) is 17.0 Å². The highest BCUT2D eigenvalue weighted by molar-refractivity contribution is 5.83. The Hall–Kier alpha value is -2.54. The summed E-state index contributed by atoms with van der Waals surface area (Å²) in [5, 5.41) is 4.60. The molecule has 1 atom stereocenters. The van der Waals surface area contributed by atoms with Gasteiger partial charge in [0.25, 0.3) is 5.91 Å². The molecule has 150 valence electrons. The van der Waals surface area contributed by atoms with Crippen molar-refractivity contribution in [1.29, 1.82) is 0 Å². The summed E-state index contributed by atoms with van der Waals surface area (Å²) >= 11 is 0. The Labute approximate surface area is 165 Å². The van der Waals surface area contributed by atoms with Crippen LogP contribution in [0.4, 0.5) is 0 Å². The van der Waals surface area contributed by atoms with Crippen LogP contribution in [0, 0.1) is 0 Å². The molecule has 2 aliphatic rings. The molecule has 1 aromatic heterocycles. The molecule has 0 radical (unpaired) electrons. The fraction of sp³-hybridized carbons (Fsp3) is 0.524. The standard InChI is InChI=1S/C21H29N5O2/c1-2-22-21(23-15-17-14-16-6-3-4-7-18(16)24-17)26-11-9-25(10-12-26)20(27)19-8-5-13-28-19/h3-4,6-7,14,19,24H,2,5,8-13,15H2,1H3,(H,22,23). The van der Waals surface area contributed by atoms with Gasteiger partial charge in [-0.15, -0.1) is 0 Å². The van der Waals surface area contributed by atoms with Crippen molar-refractivity contribution in [2.45, 2.75) is 32.4 Å². The first-order valence-electron chi connectivity index (χ1n) is 10.2. The third-order valence-electron chi connectivity index (χ3n) is 5.42. The van der Waals surface area contributed by atoms with Crippen molar-refractivity contribution >= 4 is 22.8 Å². The third kappa shape index (κ3) is 4.14. The zero-order valence-corrected chi connectivity index (χ0v) is 16.5. The lowest BCUT2D eigenvalue weighted by Gasteiger charge is -2.37. The molecule has 1 amide bonds. The summed E-state index contributed by atoms with van der Waals surface area (Å²) in [4.78, 5) is 25.0. The monoisotopic (exact) mass is 383 g/mol. The number of aromatic nitrogens is 1. The van der Waals surface area contributed by atoms with Crippen molar-refractivity contribution in [1.82, 2.24) is 20.1 Å². The van der Waals surface area contributed by atoms with E-state index in [2.05, 4.69) is 40.3 Å². The topological polar surface area (TPSA) is 73.0 Å². The van der Waals surface area contributed by atoms with Crippen LogP contribution in [0.1, 0.15) is 25.5 Å². The van der Waals surface area contributed by atoms with E-state index in [9.17, 15) is 4.79 Å². The van der Waals surface area contributed by atoms with Crippen LogP contribution in [0.2, 0.25) is 0 Å². The highest BCUT2D eigenvalue weighted by Gasteiger charge is 2.30. The number of aromatic amines is 1. The Morgan fingerprint density at radius 1 is 1.25 bits per heavy atom. The number of nitrogens with zero attached hydrogens (tertiary/aromatic N) is 3. The summed E-state index contributed by atoms with van der Waals surface area (Å²) in [6.07, 6.45) is 1.62. The van der Waals surface area contributed by atoms with Crippen LogP contribution in [0.25, 0.3) is 10.9 Å². The molecule has 2 N–H and O–H groups in total. The minimum atomic E-state index is -0.226. The second-order valence-electron chi connectivity index (χ2n) is 7.37. The number of amides is 1. The lowest BCUT2D eigenvalue weighted by molar-refractivity contribution is -0.142. The van der Waals surface area contributed by atoms with E-state index < -0.39 is 0 Å². The molecule has 1 unspecified atom stereocenters. The van der Waals surface area contributed by atoms with Crippen molar-refractivity contribution < 1.29 is 9.53 Å². The summed E-state index contributed by atoms with van der Waals surface area (Å²) in [6, 6.07) is 10.4. The number of carbonyl (C=O) groups excluding carboxylic acids is 1. The Balaban J connectivity index is 1.37. The minimum absolute atomic E-state index is 0.150. The lowest BCUT2D eigenvalue weighted by Crippen LogP contribution is -2.55. The number of hydrogen-bond donors (Lipinski definition) is 2. The zero-order chi connectivity index (χ0) is 19.3. The molecule has 3 heterocycles. The van der Waals surface area contributed by atoms with E-state index in [1.165, 1.54) is 5.39 Å². The molecule has 2 saturated heterocycles. The number of benzene rings is 1. The number of nitrogens with one attached hydrogen (secondary N) is 2. The number of para-hydroxylation sites is 1. The number of piperazine rings is 1. The molecule has 0 aliphatic carbocycles. The maximum Gasteiger partial charge on any atom is 0.251 e. The minimum Gasteiger partial charge on any atom is -0.368 e. The molecular weight excluding hydrogens is 354 g/mol. The van der Waals surface area contributed by atoms with E-state index >= 15 is 0 Å². The Morgan fingerprint density at radius 3 is 2.75 bits per heavy atom. The second kappa shape index (κ2) is 8.65. The fourth-order valence-corrected chi connectivity index (χ4v) is 3.92. The normalized spacial score (nSPS) is 20.8. The molecule has 2 fully saturated rings. The predicted molar refractivity (Wildman–Crippen MR) is 110 cm³/mol. The van der Waals surface area contributed by atoms with Crippen LogP contribution in [0.3, 0.4) is 0 Å². The Kier molecular flexibility index (Phi) is 5.81. The average molecular weight is 383 g/mol. The summed E-state index contributed by atoms with van der Waals surface area (Å²) < 4.78 is 5.55. The smallest absolute Gasteiger partial charge is 0.251 e. The molecule has 2 aromatic rings. The van der Waals surface area contributed by atoms with Crippen molar-refractivity contribution in [2.75, 3.05) is 39.3 Å². The van der Waals surface area contributed by atoms with E-state index in [-0.39, 0.29) is 12.0 Å². The first kappa shape index (κ1) is 18.8. The van der Waals surface area contributed by atoms with Gasteiger partial charge in [-0.2, -0.15) is 0 Å². The molecule has 7 nitrogen and oxygen atoms in total. The van der Waals surface area contributed by atoms with Crippen LogP contribution in [-0.2, 0) is 16.1 Å². The molecule has 28 heavy (non-hydrogen) atoms. The van der Waals surface area contributed by atoms with E-state index in [1.54, 1.807) is 0 Å². The number of H-pyrrole nitrogens is 1. The van der Waals surface area contributed by atoms with Crippen LogP contribution in [0.5, 0.6) is 0 Å². The average Bonchev–Trinajstić information content (AvgIpc) is 3.40. The van der Waals surface area contributed by atoms with E-state index in [4.69, 9.17) is 9.73 Å². The van der Waals surface area contributed by atoms with Gasteiger partial charge in [-0.1, -0.05) is 18.2 Å². The van der Waals surface area contributed by atoms with Crippen LogP contribution < -0.4 is 5.32 Å². The van der Waals surface area contributed by atoms with Gasteiger partial charge in [-0.3, -0.25) is 4.79 Å². The molecular formula is C21H29N5O2. The van der Waals surface area contributed by atoms with Crippen LogP contribution in [0.15, 0.2) is 35.3 Å². The molecule has 0 saturated carbocycles. The Morgan fingerprint density at radius 2 is 2.04 bits per heavy atom. The number of ether oxygens (including phenoxy) is 1. The number of aliphatic imine (C=N–C) groups is 1. The summed E-state index contributed by atoms with van der Waals surface area (Å²) in [7, 11) is 0. The molecule has 1 aromatic carbocycles. The number of rotatable bonds is 4. The summed E-state index contributed by atoms with van der Waals surface area (Å²) in [6.45, 7) is 7.22. The van der Waals surface area contributed by atoms with Gasteiger partial charge >= 0.3 is 0 Å². The van der Waals surface area contributed by atoms with E-state index in [0.717, 1.165) is 62.7 Å². The first-order valence-corrected chi connectivity index (χ1v) is 10.2. The second-order valence-corrected chi connectivity index (χ2v) is 7.37. The van der Waals surface area contributed by atoms with Crippen molar-refractivity contribution in [3.8, 4) is 0 Å². The van der Waals surface area contributed by atoms with Crippen LogP contribution >= 0.6 is 0 Å². The van der Waals surface area contributed by atoms with Crippen molar-refractivity contribution in [2.24, 2.45) is 4.99 Å². The maximum atomic E-state index is 12.5. The molecule has 0 spiro atoms. The van der Waals surface area contributed by atoms with Gasteiger partial charge in [-0.05, 0) is 37.3 Å². The summed E-state index contributed by atoms with van der Waals surface area (Å²) in [5.41, 5.74) is 2.24. The number of guanidine groups is 1. The van der Waals surface area contributed by atoms with Gasteiger partial charge in [0.05, 0.1) is 6.54 Å². The quantitative estimate of drug-likeness (QED) is 0.625. The maximum absolute atomic E-state index is 12.5. The van der Waals surface area contributed by atoms with Gasteiger partial charge in [0, 0.05) is 50.5 Å². The van der Waals surface area contributed by atoms with Gasteiger partial charge in [-0.25, -0.2) is 4.99 Å². The van der Waals surface area contributed by atoms with Crippen LogP contribution in [-0.4, -0.2) is 72.1 Å². The summed E-state index contributed by atoms with van der Waals surface area (Å²) in [5.74, 6) is 1.06. The number of fused-ring (bicyclic) bond motifs is 1. The zero-order valence-electron chi connectivity index (χ0n) is 16.5. The SMILES string of the molecule is CCNC(=NCc1cc2ccccc2[nH]1)N1CCN(C(=O)C2CCCO2)CC1. The third-order valence-corrected chi connectivity index (χ3v) is 5.42. The number of carbonyl (C=O) groups is 1. The predicted octanol–water partition coefficient (Wildman–Crippen LogP) is 1.96. The van der Waals surface area contributed by atoms with Gasteiger partial charge < -0.3 is 24.8 Å². The van der Waals surface area contributed by atoms with Crippen molar-refractivity contribution in [3.63, 3.8) is 0 Å². The highest BCUT2D eigenvalue weighted by atomic mass is 16.5. The lowest BCUT2D eigenvalue weighted by atomic mass is 10.2. The molecule has 4 rings (SSSR count). The van der Waals surface area contributed by atoms with Crippen molar-refractivity contribution in [3.05, 3.63) is 36.0 Å². The molecule has 2 aliphatic heterocycles. The first-order chi connectivity index (χ1) is 13.7. The molecule has 7 heteroatoms. The Bertz CT molecular complexity index is 799. The number of hydrogen-bond acceptors (Lipinski definition) is 3. The van der Waals surface area contributed by atoms with Gasteiger partial charge in [0.2, 0.25) is 0 Å².